The number of nitriles is 1. The number of methoxy groups -OCH3 is 1. The predicted octanol–water partition coefficient (Wildman–Crippen LogP) is 7.13. The molecular formula is C26H28N2OS2. The Morgan fingerprint density at radius 1 is 1.26 bits per heavy atom. The zero-order valence-corrected chi connectivity index (χ0v) is 20.2. The number of benzene rings is 1. The van der Waals surface area contributed by atoms with Gasteiger partial charge in [-0.25, -0.2) is 4.98 Å². The summed E-state index contributed by atoms with van der Waals surface area (Å²) in [6.45, 7) is 6.97. The number of thiophene rings is 1. The number of rotatable bonds is 5. The molecule has 5 heteroatoms. The van der Waals surface area contributed by atoms with Gasteiger partial charge in [0.2, 0.25) is 0 Å². The molecule has 0 saturated carbocycles. The number of hydrogen-bond acceptors (Lipinski definition) is 5. The summed E-state index contributed by atoms with van der Waals surface area (Å²) in [5.41, 5.74) is 5.72. The van der Waals surface area contributed by atoms with Crippen LogP contribution in [0.5, 0.6) is 5.75 Å². The van der Waals surface area contributed by atoms with Crippen LogP contribution in [0.4, 0.5) is 0 Å². The molecule has 1 aromatic carbocycles. The molecule has 0 amide bonds. The van der Waals surface area contributed by atoms with E-state index >= 15 is 0 Å². The van der Waals surface area contributed by atoms with Crippen LogP contribution in [-0.4, -0.2) is 12.1 Å². The summed E-state index contributed by atoms with van der Waals surface area (Å²) in [4.78, 5) is 6.22. The molecular weight excluding hydrogens is 420 g/mol. The summed E-state index contributed by atoms with van der Waals surface area (Å²) < 4.78 is 5.36. The van der Waals surface area contributed by atoms with Crippen LogP contribution in [0.15, 0.2) is 46.8 Å². The minimum Gasteiger partial charge on any atom is -0.497 e. The Kier molecular flexibility index (Phi) is 6.41. The van der Waals surface area contributed by atoms with Gasteiger partial charge in [0.15, 0.2) is 0 Å². The van der Waals surface area contributed by atoms with Gasteiger partial charge < -0.3 is 4.74 Å². The molecule has 31 heavy (non-hydrogen) atoms. The zero-order valence-electron chi connectivity index (χ0n) is 18.6. The topological polar surface area (TPSA) is 45.9 Å². The first kappa shape index (κ1) is 21.9. The van der Waals surface area contributed by atoms with Gasteiger partial charge in [0, 0.05) is 21.9 Å². The summed E-state index contributed by atoms with van der Waals surface area (Å²) in [6.07, 6.45) is 3.13. The number of fused-ring (bicyclic) bond motifs is 1. The fraction of sp³-hybridized carbons (Fsp3) is 0.385. The fourth-order valence-electron chi connectivity index (χ4n) is 4.29. The van der Waals surface area contributed by atoms with E-state index in [4.69, 9.17) is 9.72 Å². The van der Waals surface area contributed by atoms with E-state index in [1.54, 1.807) is 30.2 Å². The van der Waals surface area contributed by atoms with Crippen LogP contribution in [0.25, 0.3) is 10.4 Å². The Morgan fingerprint density at radius 3 is 2.77 bits per heavy atom. The quantitative estimate of drug-likeness (QED) is 0.389. The standard InChI is InChI=1S/C26H28N2OS2/c1-26(2,3)18-10-11-22-20(14-18)24(23-9-6-12-30-23)21(15-27)25(28-22)31-16-17-7-5-8-19(13-17)29-4/h5-9,12-13,18H,10-11,14,16H2,1-4H3/t18-/m0/s1. The first-order valence-corrected chi connectivity index (χ1v) is 12.5. The van der Waals surface area contributed by atoms with E-state index in [1.165, 1.54) is 21.7 Å². The molecule has 1 aliphatic rings. The molecule has 4 rings (SSSR count). The van der Waals surface area contributed by atoms with Crippen molar-refractivity contribution in [1.29, 1.82) is 5.26 Å². The Balaban J connectivity index is 1.75. The molecule has 0 aliphatic heterocycles. The van der Waals surface area contributed by atoms with E-state index in [9.17, 15) is 5.26 Å². The summed E-state index contributed by atoms with van der Waals surface area (Å²) in [7, 11) is 1.68. The lowest BCUT2D eigenvalue weighted by atomic mass is 9.70. The van der Waals surface area contributed by atoms with Crippen molar-refractivity contribution in [3.63, 3.8) is 0 Å². The number of aryl methyl sites for hydroxylation is 1. The van der Waals surface area contributed by atoms with Gasteiger partial charge in [0.05, 0.1) is 12.7 Å². The van der Waals surface area contributed by atoms with Crippen LogP contribution in [0.3, 0.4) is 0 Å². The molecule has 0 spiro atoms. The van der Waals surface area contributed by atoms with Crippen LogP contribution in [0.1, 0.15) is 49.6 Å². The van der Waals surface area contributed by atoms with Crippen molar-refractivity contribution >= 4 is 23.1 Å². The minimum atomic E-state index is 0.247. The monoisotopic (exact) mass is 448 g/mol. The third kappa shape index (κ3) is 4.66. The molecule has 0 N–H and O–H groups in total. The van der Waals surface area contributed by atoms with Gasteiger partial charge in [0.1, 0.15) is 16.8 Å². The second kappa shape index (κ2) is 9.06. The molecule has 2 heterocycles. The van der Waals surface area contributed by atoms with E-state index in [-0.39, 0.29) is 5.41 Å². The summed E-state index contributed by atoms with van der Waals surface area (Å²) >= 11 is 3.36. The van der Waals surface area contributed by atoms with Crippen molar-refractivity contribution < 1.29 is 4.74 Å². The fourth-order valence-corrected chi connectivity index (χ4v) is 6.04. The van der Waals surface area contributed by atoms with Gasteiger partial charge in [-0.15, -0.1) is 23.1 Å². The molecule has 0 radical (unpaired) electrons. The highest BCUT2D eigenvalue weighted by Gasteiger charge is 2.33. The van der Waals surface area contributed by atoms with Gasteiger partial charge in [-0.2, -0.15) is 5.26 Å². The maximum Gasteiger partial charge on any atom is 0.119 e. The Morgan fingerprint density at radius 2 is 2.10 bits per heavy atom. The SMILES string of the molecule is COc1cccc(CSc2nc3c(c(-c4cccs4)c2C#N)C[C@@H](C(C)(C)C)CC3)c1. The molecule has 1 atom stereocenters. The molecule has 0 bridgehead atoms. The van der Waals surface area contributed by atoms with Crippen LogP contribution >= 0.6 is 23.1 Å². The molecule has 0 fully saturated rings. The van der Waals surface area contributed by atoms with Crippen molar-refractivity contribution in [3.8, 4) is 22.3 Å². The van der Waals surface area contributed by atoms with Gasteiger partial charge in [-0.1, -0.05) is 39.0 Å². The lowest BCUT2D eigenvalue weighted by Gasteiger charge is -2.35. The third-order valence-electron chi connectivity index (χ3n) is 6.14. The lowest BCUT2D eigenvalue weighted by molar-refractivity contribution is 0.215. The predicted molar refractivity (Wildman–Crippen MR) is 130 cm³/mol. The molecule has 2 aromatic heterocycles. The smallest absolute Gasteiger partial charge is 0.119 e. The number of hydrogen-bond donors (Lipinski definition) is 0. The molecule has 0 unspecified atom stereocenters. The van der Waals surface area contributed by atoms with E-state index < -0.39 is 0 Å². The van der Waals surface area contributed by atoms with Crippen LogP contribution in [0, 0.1) is 22.7 Å². The van der Waals surface area contributed by atoms with E-state index in [2.05, 4.69) is 50.4 Å². The maximum atomic E-state index is 10.2. The average Bonchev–Trinajstić information content (AvgIpc) is 3.30. The van der Waals surface area contributed by atoms with E-state index in [0.29, 0.717) is 5.92 Å². The van der Waals surface area contributed by atoms with Crippen molar-refractivity contribution in [1.82, 2.24) is 4.98 Å². The minimum absolute atomic E-state index is 0.247. The van der Waals surface area contributed by atoms with Crippen LogP contribution in [-0.2, 0) is 18.6 Å². The van der Waals surface area contributed by atoms with E-state index in [0.717, 1.165) is 46.9 Å². The Hall–Kier alpha value is -2.29. The Labute approximate surface area is 193 Å². The highest BCUT2D eigenvalue weighted by atomic mass is 32.2. The highest BCUT2D eigenvalue weighted by molar-refractivity contribution is 7.98. The highest BCUT2D eigenvalue weighted by Crippen LogP contribution is 2.44. The number of nitrogens with zero attached hydrogens (tertiary/aromatic N) is 2. The second-order valence-corrected chi connectivity index (χ2v) is 11.0. The summed E-state index contributed by atoms with van der Waals surface area (Å²) in [6, 6.07) is 14.8. The van der Waals surface area contributed by atoms with Crippen molar-refractivity contribution in [3.05, 3.63) is 64.2 Å². The molecule has 1 aliphatic carbocycles. The first-order valence-electron chi connectivity index (χ1n) is 10.7. The van der Waals surface area contributed by atoms with Crippen molar-refractivity contribution in [2.24, 2.45) is 11.3 Å². The van der Waals surface area contributed by atoms with Crippen LogP contribution < -0.4 is 4.74 Å². The van der Waals surface area contributed by atoms with Crippen molar-refractivity contribution in [2.75, 3.05) is 7.11 Å². The third-order valence-corrected chi connectivity index (χ3v) is 8.08. The summed E-state index contributed by atoms with van der Waals surface area (Å²) in [5.74, 6) is 2.21. The summed E-state index contributed by atoms with van der Waals surface area (Å²) in [5, 5.41) is 13.1. The first-order chi connectivity index (χ1) is 14.9. The van der Waals surface area contributed by atoms with Gasteiger partial charge in [0.25, 0.3) is 0 Å². The van der Waals surface area contributed by atoms with Gasteiger partial charge in [-0.05, 0) is 65.3 Å². The largest absolute Gasteiger partial charge is 0.497 e. The number of thioether (sulfide) groups is 1. The van der Waals surface area contributed by atoms with Crippen molar-refractivity contribution in [2.45, 2.75) is 50.8 Å². The molecule has 3 aromatic rings. The maximum absolute atomic E-state index is 10.2. The van der Waals surface area contributed by atoms with Gasteiger partial charge >= 0.3 is 0 Å². The zero-order chi connectivity index (χ0) is 22.0. The number of pyridine rings is 1. The van der Waals surface area contributed by atoms with E-state index in [1.807, 2.05) is 18.2 Å². The Bertz CT molecular complexity index is 1110. The van der Waals surface area contributed by atoms with Gasteiger partial charge in [-0.3, -0.25) is 0 Å². The lowest BCUT2D eigenvalue weighted by Crippen LogP contribution is -2.28. The molecule has 3 nitrogen and oxygen atoms in total. The number of aromatic nitrogens is 1. The average molecular weight is 449 g/mol. The number of ether oxygens (including phenoxy) is 1. The second-order valence-electron chi connectivity index (χ2n) is 9.13. The normalized spacial score (nSPS) is 15.9. The molecule has 160 valence electrons. The van der Waals surface area contributed by atoms with Crippen LogP contribution in [0.2, 0.25) is 0 Å². The molecule has 0 saturated heterocycles.